The van der Waals surface area contributed by atoms with Gasteiger partial charge in [-0.1, -0.05) is 84.9 Å². The van der Waals surface area contributed by atoms with E-state index in [1.54, 1.807) is 6.07 Å². The second kappa shape index (κ2) is 7.73. The average molecular weight is 402 g/mol. The molecule has 6 aromatic rings. The van der Waals surface area contributed by atoms with E-state index in [1.165, 1.54) is 32.7 Å². The highest BCUT2D eigenvalue weighted by atomic mass is 16.4. The first kappa shape index (κ1) is 19.1. The molecule has 0 bridgehead atoms. The van der Waals surface area contributed by atoms with Crippen molar-refractivity contribution >= 4 is 43.3 Å². The molecular formula is C29H22O2. The van der Waals surface area contributed by atoms with Gasteiger partial charge in [0.2, 0.25) is 0 Å². The molecule has 150 valence electrons. The maximum atomic E-state index is 11.6. The van der Waals surface area contributed by atoms with Crippen molar-refractivity contribution in [3.63, 3.8) is 0 Å². The Morgan fingerprint density at radius 3 is 1.32 bits per heavy atom. The molecule has 2 nitrogen and oxygen atoms in total. The van der Waals surface area contributed by atoms with Crippen LogP contribution in [0.5, 0.6) is 0 Å². The van der Waals surface area contributed by atoms with Gasteiger partial charge in [-0.3, -0.25) is 0 Å². The van der Waals surface area contributed by atoms with Crippen molar-refractivity contribution in [3.8, 4) is 0 Å². The maximum absolute atomic E-state index is 11.6. The van der Waals surface area contributed by atoms with E-state index < -0.39 is 0 Å². The molecular weight excluding hydrogens is 380 g/mol. The molecule has 0 fully saturated rings. The molecule has 0 saturated heterocycles. The Bertz CT molecular complexity index is 1560. The van der Waals surface area contributed by atoms with Crippen LogP contribution in [0, 0.1) is 13.8 Å². The summed E-state index contributed by atoms with van der Waals surface area (Å²) in [6.07, 6.45) is 0. The highest BCUT2D eigenvalue weighted by Crippen LogP contribution is 2.31. The van der Waals surface area contributed by atoms with E-state index >= 15 is 0 Å². The van der Waals surface area contributed by atoms with E-state index in [0.717, 1.165) is 10.8 Å². The number of fused-ring (bicyclic) bond motifs is 6. The molecule has 0 aliphatic carbocycles. The summed E-state index contributed by atoms with van der Waals surface area (Å²) in [5, 5.41) is 8.04. The van der Waals surface area contributed by atoms with Gasteiger partial charge in [0.15, 0.2) is 0 Å². The van der Waals surface area contributed by atoms with Crippen LogP contribution in [0.15, 0.2) is 106 Å². The van der Waals surface area contributed by atoms with E-state index in [-0.39, 0.29) is 5.63 Å². The zero-order valence-electron chi connectivity index (χ0n) is 17.6. The van der Waals surface area contributed by atoms with Crippen molar-refractivity contribution in [2.24, 2.45) is 0 Å². The van der Waals surface area contributed by atoms with Crippen LogP contribution >= 0.6 is 0 Å². The van der Waals surface area contributed by atoms with Gasteiger partial charge in [0.25, 0.3) is 0 Å². The standard InChI is InChI=1S/C16H14.C13H8O2/c1-11-12(2)14-8-4-6-10-16(14)15-9-5-3-7-13(11)15;14-13-11-7-2-1-5-9(11)10-6-3-4-8-12(10)15-13/h3-10H,1-2H3;1-8H. The van der Waals surface area contributed by atoms with Crippen molar-refractivity contribution in [1.82, 2.24) is 0 Å². The van der Waals surface area contributed by atoms with Crippen molar-refractivity contribution in [2.75, 3.05) is 0 Å². The van der Waals surface area contributed by atoms with Gasteiger partial charge < -0.3 is 4.42 Å². The maximum Gasteiger partial charge on any atom is 0.344 e. The third-order valence-electron chi connectivity index (χ3n) is 6.04. The summed E-state index contributed by atoms with van der Waals surface area (Å²) >= 11 is 0. The molecule has 1 heterocycles. The summed E-state index contributed by atoms with van der Waals surface area (Å²) in [4.78, 5) is 11.6. The Balaban J connectivity index is 0.000000132. The lowest BCUT2D eigenvalue weighted by atomic mass is 9.93. The van der Waals surface area contributed by atoms with Crippen LogP contribution in [0.25, 0.3) is 43.3 Å². The minimum atomic E-state index is -0.274. The first-order valence-electron chi connectivity index (χ1n) is 10.4. The highest BCUT2D eigenvalue weighted by Gasteiger charge is 2.07. The van der Waals surface area contributed by atoms with Crippen LogP contribution < -0.4 is 5.63 Å². The molecule has 0 aliphatic heterocycles. The Labute approximate surface area is 180 Å². The van der Waals surface area contributed by atoms with Crippen molar-refractivity contribution in [3.05, 3.63) is 119 Å². The van der Waals surface area contributed by atoms with Crippen molar-refractivity contribution in [2.45, 2.75) is 13.8 Å². The second-order valence-corrected chi connectivity index (χ2v) is 7.77. The predicted octanol–water partition coefficient (Wildman–Crippen LogP) is 7.56. The highest BCUT2D eigenvalue weighted by molar-refractivity contribution is 6.10. The first-order valence-corrected chi connectivity index (χ1v) is 10.4. The molecule has 0 spiro atoms. The Kier molecular flexibility index (Phi) is 4.76. The lowest BCUT2D eigenvalue weighted by molar-refractivity contribution is 0.569. The second-order valence-electron chi connectivity index (χ2n) is 7.77. The lowest BCUT2D eigenvalue weighted by Crippen LogP contribution is -1.98. The molecule has 31 heavy (non-hydrogen) atoms. The van der Waals surface area contributed by atoms with E-state index in [9.17, 15) is 4.79 Å². The van der Waals surface area contributed by atoms with E-state index in [4.69, 9.17) is 4.42 Å². The fraction of sp³-hybridized carbons (Fsp3) is 0.0690. The van der Waals surface area contributed by atoms with E-state index in [2.05, 4.69) is 62.4 Å². The van der Waals surface area contributed by atoms with Crippen LogP contribution in [0.4, 0.5) is 0 Å². The largest absolute Gasteiger partial charge is 0.422 e. The minimum Gasteiger partial charge on any atom is -0.422 e. The molecule has 0 saturated carbocycles. The monoisotopic (exact) mass is 402 g/mol. The summed E-state index contributed by atoms with van der Waals surface area (Å²) in [6, 6.07) is 32.4. The topological polar surface area (TPSA) is 30.2 Å². The number of rotatable bonds is 0. The van der Waals surface area contributed by atoms with Crippen LogP contribution in [-0.4, -0.2) is 0 Å². The van der Waals surface area contributed by atoms with Crippen LogP contribution in [0.3, 0.4) is 0 Å². The molecule has 0 radical (unpaired) electrons. The summed E-state index contributed by atoms with van der Waals surface area (Å²) in [5.74, 6) is 0. The Hall–Kier alpha value is -3.91. The normalized spacial score (nSPS) is 11.0. The molecule has 6 rings (SSSR count). The van der Waals surface area contributed by atoms with E-state index in [0.29, 0.717) is 11.0 Å². The smallest absolute Gasteiger partial charge is 0.344 e. The molecule has 0 aliphatic rings. The van der Waals surface area contributed by atoms with Crippen LogP contribution in [-0.2, 0) is 0 Å². The van der Waals surface area contributed by atoms with Gasteiger partial charge in [-0.25, -0.2) is 4.79 Å². The van der Waals surface area contributed by atoms with Gasteiger partial charge in [-0.15, -0.1) is 0 Å². The quantitative estimate of drug-likeness (QED) is 0.194. The number of aryl methyl sites for hydroxylation is 2. The predicted molar refractivity (Wildman–Crippen MR) is 131 cm³/mol. The van der Waals surface area contributed by atoms with Crippen LogP contribution in [0.2, 0.25) is 0 Å². The molecule has 0 amide bonds. The van der Waals surface area contributed by atoms with Crippen molar-refractivity contribution < 1.29 is 4.42 Å². The van der Waals surface area contributed by atoms with Crippen molar-refractivity contribution in [1.29, 1.82) is 0 Å². The molecule has 0 N–H and O–H groups in total. The molecule has 1 aromatic heterocycles. The van der Waals surface area contributed by atoms with Gasteiger partial charge in [-0.2, -0.15) is 0 Å². The zero-order chi connectivity index (χ0) is 21.4. The fourth-order valence-electron chi connectivity index (χ4n) is 4.32. The fourth-order valence-corrected chi connectivity index (χ4v) is 4.32. The molecule has 0 atom stereocenters. The number of benzene rings is 5. The SMILES string of the molecule is Cc1c(C)c2ccccc2c2ccccc12.O=c1oc2ccccc2c2ccccc12. The van der Waals surface area contributed by atoms with Crippen LogP contribution in [0.1, 0.15) is 11.1 Å². The molecule has 0 unspecified atom stereocenters. The molecule has 5 aromatic carbocycles. The number of para-hydroxylation sites is 1. The lowest BCUT2D eigenvalue weighted by Gasteiger charge is -2.11. The zero-order valence-corrected chi connectivity index (χ0v) is 17.6. The van der Waals surface area contributed by atoms with Gasteiger partial charge in [0, 0.05) is 5.39 Å². The summed E-state index contributed by atoms with van der Waals surface area (Å²) < 4.78 is 5.22. The van der Waals surface area contributed by atoms with Gasteiger partial charge >= 0.3 is 5.63 Å². The third-order valence-corrected chi connectivity index (χ3v) is 6.04. The first-order chi connectivity index (χ1) is 15.1. The average Bonchev–Trinajstić information content (AvgIpc) is 2.83. The number of hydrogen-bond donors (Lipinski definition) is 0. The van der Waals surface area contributed by atoms with Gasteiger partial charge in [0.1, 0.15) is 5.58 Å². The van der Waals surface area contributed by atoms with E-state index in [1.807, 2.05) is 42.5 Å². The Morgan fingerprint density at radius 1 is 0.452 bits per heavy atom. The number of hydrogen-bond acceptors (Lipinski definition) is 2. The molecule has 2 heteroatoms. The summed E-state index contributed by atoms with van der Waals surface area (Å²) in [7, 11) is 0. The Morgan fingerprint density at radius 2 is 0.806 bits per heavy atom. The van der Waals surface area contributed by atoms with Gasteiger partial charge in [-0.05, 0) is 64.0 Å². The minimum absolute atomic E-state index is 0.274. The summed E-state index contributed by atoms with van der Waals surface area (Å²) in [6.45, 7) is 4.42. The third kappa shape index (κ3) is 3.27. The van der Waals surface area contributed by atoms with Gasteiger partial charge in [0.05, 0.1) is 5.39 Å². The summed E-state index contributed by atoms with van der Waals surface area (Å²) in [5.41, 5.74) is 3.16.